The van der Waals surface area contributed by atoms with Crippen molar-refractivity contribution < 1.29 is 13.2 Å². The fraction of sp³-hybridized carbons (Fsp3) is 0.267. The summed E-state index contributed by atoms with van der Waals surface area (Å²) in [5.41, 5.74) is 0.986. The average molecular weight is 306 g/mol. The van der Waals surface area contributed by atoms with Crippen molar-refractivity contribution in [2.45, 2.75) is 24.8 Å². The van der Waals surface area contributed by atoms with Crippen molar-refractivity contribution in [3.05, 3.63) is 42.0 Å². The van der Waals surface area contributed by atoms with Gasteiger partial charge < -0.3 is 5.32 Å². The molecule has 0 bridgehead atoms. The Bertz CT molecular complexity index is 785. The normalized spacial score (nSPS) is 13.1. The van der Waals surface area contributed by atoms with Crippen LogP contribution in [0.5, 0.6) is 0 Å². The number of fused-ring (bicyclic) bond motifs is 1. The second-order valence-electron chi connectivity index (χ2n) is 4.91. The molecule has 0 aromatic heterocycles. The van der Waals surface area contributed by atoms with Crippen molar-refractivity contribution in [1.29, 1.82) is 0 Å². The van der Waals surface area contributed by atoms with Gasteiger partial charge in [-0.05, 0) is 37.9 Å². The molecule has 0 radical (unpaired) electrons. The van der Waals surface area contributed by atoms with E-state index in [1.165, 1.54) is 6.07 Å². The minimum atomic E-state index is -3.90. The lowest BCUT2D eigenvalue weighted by Crippen LogP contribution is -2.43. The van der Waals surface area contributed by atoms with Gasteiger partial charge in [0.15, 0.2) is 0 Å². The van der Waals surface area contributed by atoms with Crippen LogP contribution in [-0.2, 0) is 14.8 Å². The van der Waals surface area contributed by atoms with Crippen LogP contribution in [0.4, 0.5) is 0 Å². The Morgan fingerprint density at radius 2 is 1.71 bits per heavy atom. The highest BCUT2D eigenvalue weighted by molar-refractivity contribution is 7.90. The number of aryl methyl sites for hydroxylation is 1. The number of hydrogen-bond donors (Lipinski definition) is 2. The van der Waals surface area contributed by atoms with Gasteiger partial charge in [-0.25, -0.2) is 13.1 Å². The summed E-state index contributed by atoms with van der Waals surface area (Å²) in [5, 5.41) is 4.17. The number of carbonyl (C=O) groups is 1. The quantitative estimate of drug-likeness (QED) is 0.899. The minimum Gasteiger partial charge on any atom is -0.309 e. The number of rotatable bonds is 4. The maximum Gasteiger partial charge on any atom is 0.264 e. The van der Waals surface area contributed by atoms with Gasteiger partial charge in [-0.2, -0.15) is 0 Å². The highest BCUT2D eigenvalue weighted by Gasteiger charge is 2.22. The van der Waals surface area contributed by atoms with E-state index in [0.717, 1.165) is 10.9 Å². The Morgan fingerprint density at radius 3 is 2.33 bits per heavy atom. The first kappa shape index (κ1) is 15.5. The van der Waals surface area contributed by atoms with Gasteiger partial charge in [0.05, 0.1) is 10.9 Å². The molecule has 2 N–H and O–H groups in total. The SMILES string of the molecule is CNC(C)C(=O)NS(=O)(=O)c1ccc(C)c2ccccc12. The molecule has 1 amide bonds. The second-order valence-corrected chi connectivity index (χ2v) is 6.56. The standard InChI is InChI=1S/C15H18N2O3S/c1-10-8-9-14(13-7-5-4-6-12(10)13)21(19,20)17-15(18)11(2)16-3/h4-9,11,16H,1-3H3,(H,17,18). The summed E-state index contributed by atoms with van der Waals surface area (Å²) in [7, 11) is -2.30. The minimum absolute atomic E-state index is 0.111. The van der Waals surface area contributed by atoms with Crippen LogP contribution in [0.1, 0.15) is 12.5 Å². The Kier molecular flexibility index (Phi) is 4.29. The van der Waals surface area contributed by atoms with E-state index in [9.17, 15) is 13.2 Å². The van der Waals surface area contributed by atoms with E-state index in [2.05, 4.69) is 10.0 Å². The predicted molar refractivity (Wildman–Crippen MR) is 82.5 cm³/mol. The van der Waals surface area contributed by atoms with Crippen LogP contribution in [0.3, 0.4) is 0 Å². The van der Waals surface area contributed by atoms with Crippen molar-refractivity contribution in [1.82, 2.24) is 10.0 Å². The summed E-state index contributed by atoms with van der Waals surface area (Å²) in [6.45, 7) is 3.51. The van der Waals surface area contributed by atoms with Crippen molar-refractivity contribution in [3.8, 4) is 0 Å². The highest BCUT2D eigenvalue weighted by atomic mass is 32.2. The molecule has 2 rings (SSSR count). The van der Waals surface area contributed by atoms with Crippen LogP contribution in [0, 0.1) is 6.92 Å². The molecule has 1 unspecified atom stereocenters. The summed E-state index contributed by atoms with van der Waals surface area (Å²) in [5.74, 6) is -0.581. The van der Waals surface area contributed by atoms with Gasteiger partial charge in [-0.15, -0.1) is 0 Å². The Labute approximate surface area is 124 Å². The fourth-order valence-corrected chi connectivity index (χ4v) is 3.33. The van der Waals surface area contributed by atoms with Crippen LogP contribution in [-0.4, -0.2) is 27.4 Å². The lowest BCUT2D eigenvalue weighted by Gasteiger charge is -2.13. The molecule has 0 spiro atoms. The molecule has 0 aliphatic carbocycles. The zero-order valence-corrected chi connectivity index (χ0v) is 13.0. The molecule has 0 heterocycles. The number of hydrogen-bond acceptors (Lipinski definition) is 4. The molecule has 112 valence electrons. The van der Waals surface area contributed by atoms with Crippen LogP contribution in [0.2, 0.25) is 0 Å². The number of benzene rings is 2. The van der Waals surface area contributed by atoms with Gasteiger partial charge in [0.2, 0.25) is 0 Å². The number of sulfonamides is 1. The number of carbonyl (C=O) groups excluding carboxylic acids is 1. The van der Waals surface area contributed by atoms with E-state index in [4.69, 9.17) is 0 Å². The van der Waals surface area contributed by atoms with Gasteiger partial charge in [-0.3, -0.25) is 4.79 Å². The van der Waals surface area contributed by atoms with Gasteiger partial charge in [-0.1, -0.05) is 30.3 Å². The van der Waals surface area contributed by atoms with E-state index in [0.29, 0.717) is 5.39 Å². The topological polar surface area (TPSA) is 75.3 Å². The van der Waals surface area contributed by atoms with Crippen molar-refractivity contribution >= 4 is 26.7 Å². The highest BCUT2D eigenvalue weighted by Crippen LogP contribution is 2.25. The van der Waals surface area contributed by atoms with E-state index in [1.807, 2.05) is 19.1 Å². The molecule has 0 saturated carbocycles. The van der Waals surface area contributed by atoms with Crippen LogP contribution >= 0.6 is 0 Å². The molecule has 5 nitrogen and oxygen atoms in total. The molecule has 6 heteroatoms. The zero-order chi connectivity index (χ0) is 15.6. The third-order valence-electron chi connectivity index (χ3n) is 3.45. The van der Waals surface area contributed by atoms with Crippen molar-refractivity contribution in [2.24, 2.45) is 0 Å². The third-order valence-corrected chi connectivity index (χ3v) is 4.86. The molecular weight excluding hydrogens is 288 g/mol. The fourth-order valence-electron chi connectivity index (χ4n) is 2.06. The summed E-state index contributed by atoms with van der Waals surface area (Å²) >= 11 is 0. The number of nitrogens with one attached hydrogen (secondary N) is 2. The summed E-state index contributed by atoms with van der Waals surface area (Å²) < 4.78 is 27.0. The number of likely N-dealkylation sites (N-methyl/N-ethyl adjacent to an activating group) is 1. The summed E-state index contributed by atoms with van der Waals surface area (Å²) in [6, 6.07) is 9.91. The molecule has 0 fully saturated rings. The first-order chi connectivity index (χ1) is 9.86. The van der Waals surface area contributed by atoms with Gasteiger partial charge in [0.25, 0.3) is 15.9 Å². The van der Waals surface area contributed by atoms with Gasteiger partial charge in [0.1, 0.15) is 0 Å². The molecule has 2 aromatic rings. The molecule has 0 aliphatic rings. The Hall–Kier alpha value is -1.92. The zero-order valence-electron chi connectivity index (χ0n) is 12.2. The first-order valence-electron chi connectivity index (χ1n) is 6.59. The summed E-state index contributed by atoms with van der Waals surface area (Å²) in [4.78, 5) is 11.9. The molecule has 0 saturated heterocycles. The van der Waals surface area contributed by atoms with E-state index >= 15 is 0 Å². The summed E-state index contributed by atoms with van der Waals surface area (Å²) in [6.07, 6.45) is 0. The van der Waals surface area contributed by atoms with Crippen LogP contribution in [0.15, 0.2) is 41.3 Å². The molecule has 21 heavy (non-hydrogen) atoms. The lowest BCUT2D eigenvalue weighted by atomic mass is 10.1. The molecule has 1 atom stereocenters. The first-order valence-corrected chi connectivity index (χ1v) is 8.07. The van der Waals surface area contributed by atoms with Gasteiger partial charge >= 0.3 is 0 Å². The van der Waals surface area contributed by atoms with E-state index < -0.39 is 22.0 Å². The van der Waals surface area contributed by atoms with E-state index in [-0.39, 0.29) is 4.90 Å². The second kappa shape index (κ2) is 5.83. The van der Waals surface area contributed by atoms with Gasteiger partial charge in [0, 0.05) is 5.39 Å². The molecular formula is C15H18N2O3S. The average Bonchev–Trinajstić information content (AvgIpc) is 2.46. The van der Waals surface area contributed by atoms with Crippen LogP contribution < -0.4 is 10.0 Å². The smallest absolute Gasteiger partial charge is 0.264 e. The molecule has 0 aliphatic heterocycles. The number of amides is 1. The van der Waals surface area contributed by atoms with E-state index in [1.54, 1.807) is 32.2 Å². The lowest BCUT2D eigenvalue weighted by molar-refractivity contribution is -0.120. The molecule has 2 aromatic carbocycles. The third kappa shape index (κ3) is 3.06. The monoisotopic (exact) mass is 306 g/mol. The maximum absolute atomic E-state index is 12.4. The van der Waals surface area contributed by atoms with Crippen molar-refractivity contribution in [3.63, 3.8) is 0 Å². The van der Waals surface area contributed by atoms with Crippen molar-refractivity contribution in [2.75, 3.05) is 7.05 Å². The Morgan fingerprint density at radius 1 is 1.10 bits per heavy atom. The predicted octanol–water partition coefficient (Wildman–Crippen LogP) is 1.56. The van der Waals surface area contributed by atoms with Crippen LogP contribution in [0.25, 0.3) is 10.8 Å². The maximum atomic E-state index is 12.4. The Balaban J connectivity index is 2.51. The largest absolute Gasteiger partial charge is 0.309 e.